The molecule has 150 valence electrons. The quantitative estimate of drug-likeness (QED) is 0.233. The van der Waals surface area contributed by atoms with Gasteiger partial charge in [0.15, 0.2) is 0 Å². The molecule has 0 spiro atoms. The second-order valence-electron chi connectivity index (χ2n) is 7.80. The first kappa shape index (κ1) is 19.8. The number of hydrogen-bond acceptors (Lipinski definition) is 0. The Morgan fingerprint density at radius 3 is 1.94 bits per heavy atom. The zero-order valence-electron chi connectivity index (χ0n) is 17.3. The van der Waals surface area contributed by atoms with Gasteiger partial charge >= 0.3 is 191 Å². The van der Waals surface area contributed by atoms with Crippen LogP contribution in [0.5, 0.6) is 0 Å². The molecular weight excluding hydrogens is 439 g/mol. The number of allylic oxidation sites excluding steroid dienone is 1. The Morgan fingerprint density at radius 1 is 0.581 bits per heavy atom. The van der Waals surface area contributed by atoms with Crippen molar-refractivity contribution in [2.75, 3.05) is 0 Å². The summed E-state index contributed by atoms with van der Waals surface area (Å²) in [6.07, 6.45) is 4.70. The molecule has 5 rings (SSSR count). The van der Waals surface area contributed by atoms with Gasteiger partial charge in [0.25, 0.3) is 0 Å². The second kappa shape index (κ2) is 9.35. The Bertz CT molecular complexity index is 1330. The molecule has 0 fully saturated rings. The predicted molar refractivity (Wildman–Crippen MR) is 136 cm³/mol. The van der Waals surface area contributed by atoms with Gasteiger partial charge in [-0.1, -0.05) is 0 Å². The molecule has 0 saturated heterocycles. The summed E-state index contributed by atoms with van der Waals surface area (Å²) in [6, 6.07) is 41.7. The fourth-order valence-corrected chi connectivity index (χ4v) is 6.09. The van der Waals surface area contributed by atoms with E-state index in [0.29, 0.717) is 20.9 Å². The Balaban J connectivity index is 1.46. The molecule has 1 unspecified atom stereocenters. The van der Waals surface area contributed by atoms with Crippen LogP contribution in [0.15, 0.2) is 121 Å². The first-order valence-electron chi connectivity index (χ1n) is 10.7. The van der Waals surface area contributed by atoms with Crippen molar-refractivity contribution >= 4 is 47.0 Å². The van der Waals surface area contributed by atoms with E-state index in [2.05, 4.69) is 127 Å². The summed E-state index contributed by atoms with van der Waals surface area (Å²) in [4.78, 5) is 0. The van der Waals surface area contributed by atoms with E-state index >= 15 is 0 Å². The molecule has 1 heteroatoms. The number of hydrogen-bond donors (Lipinski definition) is 0. The summed E-state index contributed by atoms with van der Waals surface area (Å²) in [5.74, 6) is 0.399. The van der Waals surface area contributed by atoms with E-state index in [0.717, 1.165) is 5.32 Å². The van der Waals surface area contributed by atoms with Crippen molar-refractivity contribution in [3.63, 3.8) is 0 Å². The molecule has 0 aliphatic rings. The first-order valence-corrected chi connectivity index (χ1v) is 12.8. The molecule has 5 aromatic rings. The third-order valence-corrected chi connectivity index (χ3v) is 8.04. The normalized spacial score (nSPS) is 12.5. The van der Waals surface area contributed by atoms with Crippen LogP contribution < -0.4 is 4.46 Å². The summed E-state index contributed by atoms with van der Waals surface area (Å²) in [6.45, 7) is 0. The molecule has 0 aliphatic carbocycles. The molecule has 0 aliphatic heterocycles. The van der Waals surface area contributed by atoms with Crippen LogP contribution in [0.4, 0.5) is 0 Å². The molecule has 0 amide bonds. The maximum absolute atomic E-state index is 2.40. The number of rotatable bonds is 6. The zero-order valence-corrected chi connectivity index (χ0v) is 19.0. The van der Waals surface area contributed by atoms with E-state index in [4.69, 9.17) is 0 Å². The van der Waals surface area contributed by atoms with Crippen LogP contribution in [0.1, 0.15) is 17.0 Å². The maximum atomic E-state index is 2.40. The van der Waals surface area contributed by atoms with Crippen LogP contribution in [0.2, 0.25) is 5.32 Å². The summed E-state index contributed by atoms with van der Waals surface area (Å²) in [7, 11) is 0. The Hall–Kier alpha value is -3.12. The molecule has 1 atom stereocenters. The summed E-state index contributed by atoms with van der Waals surface area (Å²) in [5, 5.41) is 6.35. The van der Waals surface area contributed by atoms with Crippen LogP contribution in [0.25, 0.3) is 27.6 Å². The molecule has 5 aromatic carbocycles. The van der Waals surface area contributed by atoms with E-state index in [1.165, 1.54) is 37.1 Å². The molecule has 0 N–H and O–H groups in total. The number of fused-ring (bicyclic) bond motifs is 2. The second-order valence-corrected chi connectivity index (χ2v) is 10.1. The average Bonchev–Trinajstić information content (AvgIpc) is 2.84. The van der Waals surface area contributed by atoms with Gasteiger partial charge in [0.2, 0.25) is 0 Å². The van der Waals surface area contributed by atoms with Gasteiger partial charge in [0.1, 0.15) is 0 Å². The molecule has 0 bridgehead atoms. The van der Waals surface area contributed by atoms with E-state index < -0.39 is 0 Å². The SMILES string of the molecule is C(=C\C(C[Se]c1ccccc1)c1ccc2ccccc2c1)/c1ccc2ccccc2c1. The van der Waals surface area contributed by atoms with Crippen molar-refractivity contribution in [2.24, 2.45) is 0 Å². The van der Waals surface area contributed by atoms with Gasteiger partial charge in [-0.15, -0.1) is 0 Å². The van der Waals surface area contributed by atoms with Crippen molar-refractivity contribution in [1.29, 1.82) is 0 Å². The third-order valence-electron chi connectivity index (χ3n) is 5.67. The Kier molecular flexibility index (Phi) is 5.98. The van der Waals surface area contributed by atoms with Crippen LogP contribution >= 0.6 is 0 Å². The van der Waals surface area contributed by atoms with E-state index in [1.54, 1.807) is 0 Å². The van der Waals surface area contributed by atoms with Gasteiger partial charge in [-0.3, -0.25) is 0 Å². The van der Waals surface area contributed by atoms with Gasteiger partial charge in [-0.2, -0.15) is 0 Å². The Labute approximate surface area is 190 Å². The van der Waals surface area contributed by atoms with Crippen LogP contribution in [0, 0.1) is 0 Å². The van der Waals surface area contributed by atoms with E-state index in [1.807, 2.05) is 0 Å². The summed E-state index contributed by atoms with van der Waals surface area (Å²) < 4.78 is 1.46. The standard InChI is InChI=1S/C30H24Se/c1-2-12-30(13-3-1)31-22-29(28-19-18-25-9-5-7-11-27(25)21-28)17-15-23-14-16-24-8-4-6-10-26(24)20-23/h1-21,29H,22H2/b17-15+. The van der Waals surface area contributed by atoms with Gasteiger partial charge in [0, 0.05) is 0 Å². The topological polar surface area (TPSA) is 0 Å². The van der Waals surface area contributed by atoms with Gasteiger partial charge in [-0.25, -0.2) is 0 Å². The molecule has 0 heterocycles. The minimum atomic E-state index is 0.399. The van der Waals surface area contributed by atoms with Crippen LogP contribution in [-0.4, -0.2) is 15.0 Å². The minimum absolute atomic E-state index is 0.399. The fourth-order valence-electron chi connectivity index (χ4n) is 3.94. The Morgan fingerprint density at radius 2 is 1.19 bits per heavy atom. The third kappa shape index (κ3) is 4.80. The summed E-state index contributed by atoms with van der Waals surface area (Å²) in [5.41, 5.74) is 2.66. The predicted octanol–water partition coefficient (Wildman–Crippen LogP) is 7.24. The van der Waals surface area contributed by atoms with E-state index in [-0.39, 0.29) is 0 Å². The molecule has 0 aromatic heterocycles. The van der Waals surface area contributed by atoms with Crippen molar-refractivity contribution in [1.82, 2.24) is 0 Å². The van der Waals surface area contributed by atoms with Gasteiger partial charge in [0.05, 0.1) is 0 Å². The molecular formula is C30H24Se. The van der Waals surface area contributed by atoms with Crippen LogP contribution in [-0.2, 0) is 0 Å². The van der Waals surface area contributed by atoms with Crippen LogP contribution in [0.3, 0.4) is 0 Å². The van der Waals surface area contributed by atoms with Gasteiger partial charge in [-0.05, 0) is 0 Å². The molecule has 0 radical (unpaired) electrons. The number of benzene rings is 5. The zero-order chi connectivity index (χ0) is 20.9. The van der Waals surface area contributed by atoms with Crippen molar-refractivity contribution in [2.45, 2.75) is 11.2 Å². The summed E-state index contributed by atoms with van der Waals surface area (Å²) >= 11 is 0.436. The van der Waals surface area contributed by atoms with E-state index in [9.17, 15) is 0 Å². The monoisotopic (exact) mass is 464 g/mol. The molecule has 0 nitrogen and oxygen atoms in total. The van der Waals surface area contributed by atoms with Crippen molar-refractivity contribution in [3.05, 3.63) is 132 Å². The molecule has 0 saturated carbocycles. The molecule has 31 heavy (non-hydrogen) atoms. The van der Waals surface area contributed by atoms with Crippen molar-refractivity contribution < 1.29 is 0 Å². The fraction of sp³-hybridized carbons (Fsp3) is 0.0667. The first-order chi connectivity index (χ1) is 15.3. The van der Waals surface area contributed by atoms with Crippen molar-refractivity contribution in [3.8, 4) is 0 Å². The average molecular weight is 463 g/mol. The van der Waals surface area contributed by atoms with Gasteiger partial charge < -0.3 is 0 Å².